The summed E-state index contributed by atoms with van der Waals surface area (Å²) in [4.78, 5) is 2.47. The molecule has 0 aromatic heterocycles. The van der Waals surface area contributed by atoms with E-state index < -0.39 is 10.0 Å². The summed E-state index contributed by atoms with van der Waals surface area (Å²) in [7, 11) is -3.52. The first-order valence-corrected chi connectivity index (χ1v) is 9.47. The Labute approximate surface area is 136 Å². The highest BCUT2D eigenvalue weighted by Crippen LogP contribution is 2.28. The largest absolute Gasteiger partial charge is 0.392 e. The van der Waals surface area contributed by atoms with Gasteiger partial charge >= 0.3 is 0 Å². The molecule has 3 rings (SSSR count). The lowest BCUT2D eigenvalue weighted by Crippen LogP contribution is -2.46. The van der Waals surface area contributed by atoms with Crippen LogP contribution >= 0.6 is 11.6 Å². The van der Waals surface area contributed by atoms with Crippen molar-refractivity contribution in [3.05, 3.63) is 29.3 Å². The SMILES string of the molecule is O=S(=O)(c1ccccc1Cl)N1CCC(N2CC[C@H](O)C2)CC1. The van der Waals surface area contributed by atoms with Crippen molar-refractivity contribution in [3.8, 4) is 0 Å². The molecule has 0 spiro atoms. The molecule has 1 aromatic carbocycles. The molecule has 0 aliphatic carbocycles. The van der Waals surface area contributed by atoms with E-state index in [2.05, 4.69) is 4.90 Å². The summed E-state index contributed by atoms with van der Waals surface area (Å²) >= 11 is 6.03. The molecule has 2 saturated heterocycles. The monoisotopic (exact) mass is 344 g/mol. The van der Waals surface area contributed by atoms with Gasteiger partial charge in [0.25, 0.3) is 0 Å². The highest BCUT2D eigenvalue weighted by atomic mass is 35.5. The second kappa shape index (κ2) is 6.45. The number of nitrogens with zero attached hydrogens (tertiary/aromatic N) is 2. The zero-order chi connectivity index (χ0) is 15.7. The predicted molar refractivity (Wildman–Crippen MR) is 85.4 cm³/mol. The minimum absolute atomic E-state index is 0.187. The Morgan fingerprint density at radius 3 is 2.36 bits per heavy atom. The Bertz CT molecular complexity index is 629. The lowest BCUT2D eigenvalue weighted by Gasteiger charge is -2.36. The number of likely N-dealkylation sites (tertiary alicyclic amines) is 1. The van der Waals surface area contributed by atoms with E-state index in [-0.39, 0.29) is 16.0 Å². The van der Waals surface area contributed by atoms with Crippen molar-refractivity contribution in [2.24, 2.45) is 0 Å². The summed E-state index contributed by atoms with van der Waals surface area (Å²) in [5.74, 6) is 0. The number of β-amino-alcohol motifs (C(OH)–C–C–N with tert-alkyl or cyclic N) is 1. The molecule has 2 aliphatic rings. The molecule has 1 aromatic rings. The van der Waals surface area contributed by atoms with Crippen LogP contribution in [-0.4, -0.2) is 61.1 Å². The number of piperidine rings is 1. The van der Waals surface area contributed by atoms with Gasteiger partial charge in [0.05, 0.1) is 11.1 Å². The van der Waals surface area contributed by atoms with Gasteiger partial charge in [-0.2, -0.15) is 4.31 Å². The molecule has 1 atom stereocenters. The third-order valence-corrected chi connectivity index (χ3v) is 6.99. The highest BCUT2D eigenvalue weighted by Gasteiger charge is 2.34. The summed E-state index contributed by atoms with van der Waals surface area (Å²) in [6, 6.07) is 6.95. The van der Waals surface area contributed by atoms with Crippen molar-refractivity contribution in [1.82, 2.24) is 9.21 Å². The Morgan fingerprint density at radius 1 is 1.09 bits per heavy atom. The number of rotatable bonds is 3. The fourth-order valence-electron chi connectivity index (χ4n) is 3.34. The fraction of sp³-hybridized carbons (Fsp3) is 0.600. The first kappa shape index (κ1) is 16.2. The lowest BCUT2D eigenvalue weighted by molar-refractivity contribution is 0.132. The number of hydrogen-bond acceptors (Lipinski definition) is 4. The molecule has 2 fully saturated rings. The molecule has 0 saturated carbocycles. The predicted octanol–water partition coefficient (Wildman–Crippen LogP) is 1.56. The van der Waals surface area contributed by atoms with Crippen LogP contribution in [0.2, 0.25) is 5.02 Å². The van der Waals surface area contributed by atoms with E-state index >= 15 is 0 Å². The molecule has 2 heterocycles. The third kappa shape index (κ3) is 3.16. The van der Waals surface area contributed by atoms with Gasteiger partial charge in [0, 0.05) is 32.2 Å². The Kier molecular flexibility index (Phi) is 4.75. The van der Waals surface area contributed by atoms with Gasteiger partial charge in [-0.15, -0.1) is 0 Å². The van der Waals surface area contributed by atoms with E-state index in [0.29, 0.717) is 25.7 Å². The van der Waals surface area contributed by atoms with Crippen molar-refractivity contribution < 1.29 is 13.5 Å². The van der Waals surface area contributed by atoms with E-state index in [4.69, 9.17) is 11.6 Å². The van der Waals surface area contributed by atoms with Crippen LogP contribution in [-0.2, 0) is 10.0 Å². The summed E-state index contributed by atoms with van der Waals surface area (Å²) < 4.78 is 26.9. The average Bonchev–Trinajstić information content (AvgIpc) is 2.94. The maximum atomic E-state index is 12.7. The van der Waals surface area contributed by atoms with Crippen molar-refractivity contribution in [2.75, 3.05) is 26.2 Å². The standard InChI is InChI=1S/C15H21ClN2O3S/c16-14-3-1-2-4-15(14)22(20,21)18-9-5-12(6-10-18)17-8-7-13(19)11-17/h1-4,12-13,19H,5-11H2/t13-/m0/s1. The summed E-state index contributed by atoms with van der Waals surface area (Å²) in [5.41, 5.74) is 0. The van der Waals surface area contributed by atoms with Crippen LogP contribution in [0, 0.1) is 0 Å². The number of aliphatic hydroxyl groups excluding tert-OH is 1. The third-order valence-electron chi connectivity index (χ3n) is 4.59. The van der Waals surface area contributed by atoms with Gasteiger partial charge in [-0.3, -0.25) is 4.90 Å². The first-order valence-electron chi connectivity index (χ1n) is 7.65. The molecule has 22 heavy (non-hydrogen) atoms. The molecule has 122 valence electrons. The summed E-state index contributed by atoms with van der Waals surface area (Å²) in [5, 5.41) is 9.90. The molecular weight excluding hydrogens is 324 g/mol. The first-order chi connectivity index (χ1) is 10.5. The summed E-state index contributed by atoms with van der Waals surface area (Å²) in [6.45, 7) is 2.63. The number of benzene rings is 1. The molecule has 1 N–H and O–H groups in total. The van der Waals surface area contributed by atoms with Crippen LogP contribution in [0.5, 0.6) is 0 Å². The number of hydrogen-bond donors (Lipinski definition) is 1. The van der Waals surface area contributed by atoms with Crippen LogP contribution < -0.4 is 0 Å². The van der Waals surface area contributed by atoms with Crippen molar-refractivity contribution in [3.63, 3.8) is 0 Å². The van der Waals surface area contributed by atoms with Crippen molar-refractivity contribution in [1.29, 1.82) is 0 Å². The molecule has 7 heteroatoms. The van der Waals surface area contributed by atoms with Crippen LogP contribution in [0.15, 0.2) is 29.2 Å². The van der Waals surface area contributed by atoms with Crippen LogP contribution in [0.4, 0.5) is 0 Å². The minimum Gasteiger partial charge on any atom is -0.392 e. The second-order valence-corrected chi connectivity index (χ2v) is 8.32. The zero-order valence-electron chi connectivity index (χ0n) is 12.4. The van der Waals surface area contributed by atoms with Crippen molar-refractivity contribution >= 4 is 21.6 Å². The summed E-state index contributed by atoms with van der Waals surface area (Å²) in [6.07, 6.45) is 2.19. The maximum absolute atomic E-state index is 12.7. The van der Waals surface area contributed by atoms with Gasteiger partial charge in [-0.05, 0) is 31.4 Å². The number of sulfonamides is 1. The highest BCUT2D eigenvalue weighted by molar-refractivity contribution is 7.89. The van der Waals surface area contributed by atoms with Gasteiger partial charge in [0.1, 0.15) is 4.90 Å². The lowest BCUT2D eigenvalue weighted by atomic mass is 10.1. The van der Waals surface area contributed by atoms with Crippen LogP contribution in [0.1, 0.15) is 19.3 Å². The van der Waals surface area contributed by atoms with Gasteiger partial charge in [-0.25, -0.2) is 8.42 Å². The Balaban J connectivity index is 1.67. The molecule has 5 nitrogen and oxygen atoms in total. The molecule has 0 amide bonds. The Hall–Kier alpha value is -0.660. The normalized spacial score (nSPS) is 25.6. The minimum atomic E-state index is -3.52. The average molecular weight is 345 g/mol. The van der Waals surface area contributed by atoms with E-state index in [9.17, 15) is 13.5 Å². The van der Waals surface area contributed by atoms with Crippen LogP contribution in [0.3, 0.4) is 0 Å². The molecule has 0 bridgehead atoms. The van der Waals surface area contributed by atoms with Crippen molar-refractivity contribution in [2.45, 2.75) is 36.3 Å². The Morgan fingerprint density at radius 2 is 1.77 bits per heavy atom. The van der Waals surface area contributed by atoms with E-state index in [1.165, 1.54) is 4.31 Å². The quantitative estimate of drug-likeness (QED) is 0.904. The van der Waals surface area contributed by atoms with E-state index in [1.54, 1.807) is 24.3 Å². The molecular formula is C15H21ClN2O3S. The van der Waals surface area contributed by atoms with E-state index in [1.807, 2.05) is 0 Å². The maximum Gasteiger partial charge on any atom is 0.244 e. The van der Waals surface area contributed by atoms with Gasteiger partial charge in [0.15, 0.2) is 0 Å². The molecule has 2 aliphatic heterocycles. The topological polar surface area (TPSA) is 60.9 Å². The molecule has 0 radical (unpaired) electrons. The fourth-order valence-corrected chi connectivity index (χ4v) is 5.30. The number of halogens is 1. The van der Waals surface area contributed by atoms with Gasteiger partial charge in [0.2, 0.25) is 10.0 Å². The van der Waals surface area contributed by atoms with Gasteiger partial charge < -0.3 is 5.11 Å². The second-order valence-electron chi connectivity index (χ2n) is 6.00. The number of aliphatic hydroxyl groups is 1. The molecule has 0 unspecified atom stereocenters. The zero-order valence-corrected chi connectivity index (χ0v) is 13.9. The van der Waals surface area contributed by atoms with Crippen LogP contribution in [0.25, 0.3) is 0 Å². The van der Waals surface area contributed by atoms with Gasteiger partial charge in [-0.1, -0.05) is 23.7 Å². The smallest absolute Gasteiger partial charge is 0.244 e. The van der Waals surface area contributed by atoms with E-state index in [0.717, 1.165) is 25.8 Å².